The van der Waals surface area contributed by atoms with Gasteiger partial charge in [-0.2, -0.15) is 0 Å². The van der Waals surface area contributed by atoms with Crippen LogP contribution in [-0.4, -0.2) is 5.78 Å². The molecule has 22 heavy (non-hydrogen) atoms. The van der Waals surface area contributed by atoms with Crippen molar-refractivity contribution in [3.8, 4) is 0 Å². The van der Waals surface area contributed by atoms with E-state index in [4.69, 9.17) is 0 Å². The van der Waals surface area contributed by atoms with Crippen molar-refractivity contribution in [2.75, 3.05) is 0 Å². The topological polar surface area (TPSA) is 17.1 Å². The summed E-state index contributed by atoms with van der Waals surface area (Å²) in [5.74, 6) is 1.75. The normalized spacial score (nSPS) is 19.0. The Morgan fingerprint density at radius 1 is 0.864 bits per heavy atom. The number of carbonyl (C=O) groups excluding carboxylic acids is 1. The maximum absolute atomic E-state index is 12.0. The van der Waals surface area contributed by atoms with E-state index in [0.717, 1.165) is 5.56 Å². The van der Waals surface area contributed by atoms with Crippen LogP contribution in [-0.2, 0) is 17.1 Å². The van der Waals surface area contributed by atoms with Crippen molar-refractivity contribution in [3.63, 3.8) is 0 Å². The zero-order valence-electron chi connectivity index (χ0n) is 12.6. The van der Waals surface area contributed by atoms with E-state index in [-0.39, 0.29) is 22.9 Å². The summed E-state index contributed by atoms with van der Waals surface area (Å²) in [5, 5.41) is 0. The van der Waals surface area contributed by atoms with Crippen LogP contribution in [0.1, 0.15) is 23.7 Å². The molecule has 0 aliphatic heterocycles. The number of rotatable bonds is 4. The van der Waals surface area contributed by atoms with Crippen molar-refractivity contribution in [1.82, 2.24) is 0 Å². The largest absolute Gasteiger partial charge is 2.00 e. The first kappa shape index (κ1) is 19.5. The van der Waals surface area contributed by atoms with Gasteiger partial charge in [0.2, 0.25) is 0 Å². The minimum absolute atomic E-state index is 0. The summed E-state index contributed by atoms with van der Waals surface area (Å²) in [6.45, 7) is 2.09. The van der Waals surface area contributed by atoms with E-state index in [1.165, 1.54) is 5.92 Å². The molecule has 0 saturated heterocycles. The molecule has 2 heteroatoms. The van der Waals surface area contributed by atoms with Gasteiger partial charge in [-0.05, 0) is 69.6 Å². The van der Waals surface area contributed by atoms with Crippen molar-refractivity contribution in [2.45, 2.75) is 13.3 Å². The molecule has 2 saturated carbocycles. The second kappa shape index (κ2) is 11.0. The third-order valence-corrected chi connectivity index (χ3v) is 3.40. The second-order valence-electron chi connectivity index (χ2n) is 5.07. The van der Waals surface area contributed by atoms with E-state index < -0.39 is 0 Å². The summed E-state index contributed by atoms with van der Waals surface area (Å²) in [5.41, 5.74) is 0.806. The minimum atomic E-state index is 0. The van der Waals surface area contributed by atoms with Gasteiger partial charge in [0, 0.05) is 12.0 Å². The number of hydrogen-bond acceptors (Lipinski definition) is 1. The number of ketones is 1. The molecule has 10 radical (unpaired) electrons. The van der Waals surface area contributed by atoms with Crippen molar-refractivity contribution in [2.24, 2.45) is 5.92 Å². The van der Waals surface area contributed by atoms with Crippen LogP contribution in [0, 0.1) is 69.6 Å². The standard InChI is InChI=1S/C15H15O.C5H5.Fe/c1-12(13-7-5-6-8-13)11-15(16)14-9-3-2-4-10-14;1-2-4-5-3-1;/h2-10,12H,11H2,1H3;1-5H;/q;;+2/t12-;;/m1../s1. The van der Waals surface area contributed by atoms with Crippen LogP contribution in [0.25, 0.3) is 0 Å². The molecular formula is C20H20FeO+2. The van der Waals surface area contributed by atoms with E-state index in [1.807, 2.05) is 75.3 Å². The molecule has 3 rings (SSSR count). The van der Waals surface area contributed by atoms with Crippen molar-refractivity contribution in [1.29, 1.82) is 0 Å². The first-order valence-corrected chi connectivity index (χ1v) is 7.24. The number of benzene rings is 1. The molecule has 112 valence electrons. The van der Waals surface area contributed by atoms with Crippen LogP contribution in [0.3, 0.4) is 0 Å². The van der Waals surface area contributed by atoms with Crippen LogP contribution >= 0.6 is 0 Å². The molecule has 0 amide bonds. The molecule has 0 aromatic heterocycles. The van der Waals surface area contributed by atoms with Crippen molar-refractivity contribution in [3.05, 3.63) is 99.6 Å². The van der Waals surface area contributed by atoms with Gasteiger partial charge in [-0.3, -0.25) is 4.79 Å². The van der Waals surface area contributed by atoms with E-state index in [9.17, 15) is 4.79 Å². The van der Waals surface area contributed by atoms with Gasteiger partial charge in [-0.1, -0.05) is 37.3 Å². The van der Waals surface area contributed by atoms with E-state index in [1.54, 1.807) is 0 Å². The van der Waals surface area contributed by atoms with Crippen LogP contribution < -0.4 is 0 Å². The van der Waals surface area contributed by atoms with Crippen molar-refractivity contribution >= 4 is 5.78 Å². The monoisotopic (exact) mass is 332 g/mol. The molecule has 0 bridgehead atoms. The molecule has 1 nitrogen and oxygen atoms in total. The zero-order chi connectivity index (χ0) is 14.9. The van der Waals surface area contributed by atoms with E-state index >= 15 is 0 Å². The number of hydrogen-bond donors (Lipinski definition) is 0. The third kappa shape index (κ3) is 6.67. The quantitative estimate of drug-likeness (QED) is 0.593. The molecule has 2 fully saturated rings. The Morgan fingerprint density at radius 2 is 1.36 bits per heavy atom. The van der Waals surface area contributed by atoms with Crippen LogP contribution in [0.2, 0.25) is 0 Å². The van der Waals surface area contributed by atoms with Gasteiger partial charge in [0.05, 0.1) is 0 Å². The van der Waals surface area contributed by atoms with Gasteiger partial charge in [-0.15, -0.1) is 0 Å². The van der Waals surface area contributed by atoms with Gasteiger partial charge >= 0.3 is 17.1 Å². The van der Waals surface area contributed by atoms with Crippen LogP contribution in [0.4, 0.5) is 0 Å². The van der Waals surface area contributed by atoms with Gasteiger partial charge in [0.1, 0.15) is 0 Å². The average molecular weight is 332 g/mol. The molecule has 1 atom stereocenters. The molecular weight excluding hydrogens is 312 g/mol. The predicted molar refractivity (Wildman–Crippen MR) is 86.5 cm³/mol. The zero-order valence-corrected chi connectivity index (χ0v) is 13.7. The van der Waals surface area contributed by atoms with E-state index in [2.05, 4.69) is 19.8 Å². The van der Waals surface area contributed by atoms with Gasteiger partial charge < -0.3 is 0 Å². The summed E-state index contributed by atoms with van der Waals surface area (Å²) in [7, 11) is 0. The fourth-order valence-electron chi connectivity index (χ4n) is 2.18. The fourth-order valence-corrected chi connectivity index (χ4v) is 2.18. The number of Topliss-reactive ketones (excluding diaryl/α,β-unsaturated/α-hetero) is 1. The smallest absolute Gasteiger partial charge is 0.294 e. The first-order chi connectivity index (χ1) is 10.3. The summed E-state index contributed by atoms with van der Waals surface area (Å²) in [6.07, 6.45) is 18.7. The SMILES string of the molecule is C[C@H](CC(=O)c1ccccc1)[C]1[CH][CH][CH][CH]1.[CH]1[CH][CH][CH][CH]1.[Fe+2]. The molecule has 0 N–H and O–H groups in total. The average Bonchev–Trinajstić information content (AvgIpc) is 3.23. The summed E-state index contributed by atoms with van der Waals surface area (Å²) < 4.78 is 0. The van der Waals surface area contributed by atoms with Gasteiger partial charge in [0.25, 0.3) is 0 Å². The Balaban J connectivity index is 0.000000344. The molecule has 2 aliphatic carbocycles. The Labute approximate surface area is 146 Å². The van der Waals surface area contributed by atoms with Crippen LogP contribution in [0.5, 0.6) is 0 Å². The second-order valence-corrected chi connectivity index (χ2v) is 5.07. The van der Waals surface area contributed by atoms with E-state index in [0.29, 0.717) is 12.3 Å². The minimum Gasteiger partial charge on any atom is -0.294 e. The summed E-state index contributed by atoms with van der Waals surface area (Å²) in [4.78, 5) is 12.0. The maximum Gasteiger partial charge on any atom is 2.00 e. The van der Waals surface area contributed by atoms with Crippen LogP contribution in [0.15, 0.2) is 30.3 Å². The first-order valence-electron chi connectivity index (χ1n) is 7.24. The Kier molecular flexibility index (Phi) is 9.75. The molecule has 1 aromatic rings. The molecule has 0 unspecified atom stereocenters. The summed E-state index contributed by atoms with van der Waals surface area (Å²) in [6, 6.07) is 9.48. The molecule has 1 aromatic carbocycles. The Bertz CT molecular complexity index is 397. The molecule has 0 spiro atoms. The molecule has 2 aliphatic rings. The van der Waals surface area contributed by atoms with Crippen molar-refractivity contribution < 1.29 is 21.9 Å². The number of carbonyl (C=O) groups is 1. The molecule has 0 heterocycles. The Morgan fingerprint density at radius 3 is 1.86 bits per heavy atom. The summed E-state index contributed by atoms with van der Waals surface area (Å²) >= 11 is 0. The third-order valence-electron chi connectivity index (χ3n) is 3.40. The fraction of sp³-hybridized carbons (Fsp3) is 0.150. The Hall–Kier alpha value is -0.591. The van der Waals surface area contributed by atoms with Gasteiger partial charge in [-0.25, -0.2) is 0 Å². The maximum atomic E-state index is 12.0. The van der Waals surface area contributed by atoms with Gasteiger partial charge in [0.15, 0.2) is 5.78 Å². The predicted octanol–water partition coefficient (Wildman–Crippen LogP) is 4.32.